The van der Waals surface area contributed by atoms with Crippen molar-refractivity contribution in [2.24, 2.45) is 0 Å². The highest BCUT2D eigenvalue weighted by molar-refractivity contribution is 9.10. The lowest BCUT2D eigenvalue weighted by atomic mass is 10.2. The summed E-state index contributed by atoms with van der Waals surface area (Å²) < 4.78 is 1.23. The SMILES string of the molecule is Brc1ccsc1[C@H]1CNCCN1.Cl. The Kier molecular flexibility index (Phi) is 4.69. The van der Waals surface area contributed by atoms with E-state index in [-0.39, 0.29) is 12.4 Å². The van der Waals surface area contributed by atoms with Crippen LogP contribution < -0.4 is 10.6 Å². The minimum absolute atomic E-state index is 0. The van der Waals surface area contributed by atoms with Crippen molar-refractivity contribution in [2.45, 2.75) is 6.04 Å². The summed E-state index contributed by atoms with van der Waals surface area (Å²) in [5, 5.41) is 8.97. The number of rotatable bonds is 1. The largest absolute Gasteiger partial charge is 0.314 e. The monoisotopic (exact) mass is 282 g/mol. The molecule has 0 aliphatic carbocycles. The van der Waals surface area contributed by atoms with E-state index in [1.165, 1.54) is 9.35 Å². The maximum atomic E-state index is 3.54. The van der Waals surface area contributed by atoms with Crippen LogP contribution in [0.15, 0.2) is 15.9 Å². The van der Waals surface area contributed by atoms with Crippen LogP contribution in [0, 0.1) is 0 Å². The molecule has 1 aliphatic rings. The molecule has 2 N–H and O–H groups in total. The molecule has 0 spiro atoms. The van der Waals surface area contributed by atoms with E-state index in [2.05, 4.69) is 38.0 Å². The summed E-state index contributed by atoms with van der Waals surface area (Å²) in [6.07, 6.45) is 0. The number of hydrogen-bond acceptors (Lipinski definition) is 3. The molecule has 1 aromatic rings. The average Bonchev–Trinajstić information content (AvgIpc) is 2.53. The standard InChI is InChI=1S/C8H11BrN2S.ClH/c9-6-1-4-12-8(6)7-5-10-2-3-11-7;/h1,4,7,10-11H,2-3,5H2;1H/t7-;/m1./s1. The van der Waals surface area contributed by atoms with Crippen LogP contribution in [-0.2, 0) is 0 Å². The van der Waals surface area contributed by atoms with Gasteiger partial charge >= 0.3 is 0 Å². The second-order valence-electron chi connectivity index (χ2n) is 2.84. The zero-order valence-electron chi connectivity index (χ0n) is 7.05. The third-order valence-corrected chi connectivity index (χ3v) is 3.99. The van der Waals surface area contributed by atoms with Gasteiger partial charge in [0.2, 0.25) is 0 Å². The van der Waals surface area contributed by atoms with Gasteiger partial charge in [-0.05, 0) is 27.4 Å². The Balaban J connectivity index is 0.000000845. The molecule has 0 aromatic carbocycles. The zero-order valence-corrected chi connectivity index (χ0v) is 10.3. The van der Waals surface area contributed by atoms with Gasteiger partial charge in [-0.25, -0.2) is 0 Å². The molecule has 2 heterocycles. The third-order valence-electron chi connectivity index (χ3n) is 2.00. The van der Waals surface area contributed by atoms with E-state index < -0.39 is 0 Å². The predicted octanol–water partition coefficient (Wildman–Crippen LogP) is 2.17. The van der Waals surface area contributed by atoms with E-state index in [1.54, 1.807) is 11.3 Å². The van der Waals surface area contributed by atoms with Gasteiger partial charge in [0.15, 0.2) is 0 Å². The molecular formula is C8H12BrClN2S. The molecule has 1 aliphatic heterocycles. The van der Waals surface area contributed by atoms with E-state index in [0.717, 1.165) is 19.6 Å². The van der Waals surface area contributed by atoms with Crippen molar-refractivity contribution in [3.8, 4) is 0 Å². The van der Waals surface area contributed by atoms with Gasteiger partial charge < -0.3 is 10.6 Å². The second-order valence-corrected chi connectivity index (χ2v) is 4.65. The van der Waals surface area contributed by atoms with E-state index in [4.69, 9.17) is 0 Å². The van der Waals surface area contributed by atoms with Crippen LogP contribution >= 0.6 is 39.7 Å². The summed E-state index contributed by atoms with van der Waals surface area (Å²) in [6.45, 7) is 3.19. The van der Waals surface area contributed by atoms with Crippen molar-refractivity contribution in [3.05, 3.63) is 20.8 Å². The fourth-order valence-corrected chi connectivity index (χ4v) is 3.12. The lowest BCUT2D eigenvalue weighted by Gasteiger charge is -2.23. The Bertz CT molecular complexity index is 260. The Labute approximate surface area is 96.6 Å². The van der Waals surface area contributed by atoms with Gasteiger partial charge in [-0.1, -0.05) is 0 Å². The molecule has 5 heteroatoms. The molecule has 1 saturated heterocycles. The van der Waals surface area contributed by atoms with Crippen LogP contribution in [0.25, 0.3) is 0 Å². The molecular weight excluding hydrogens is 272 g/mol. The number of hydrogen-bond donors (Lipinski definition) is 2. The molecule has 1 aromatic heterocycles. The van der Waals surface area contributed by atoms with Gasteiger partial charge in [0.25, 0.3) is 0 Å². The second kappa shape index (κ2) is 5.32. The topological polar surface area (TPSA) is 24.1 Å². The molecule has 0 radical (unpaired) electrons. The zero-order chi connectivity index (χ0) is 8.39. The highest BCUT2D eigenvalue weighted by Crippen LogP contribution is 2.29. The van der Waals surface area contributed by atoms with E-state index >= 15 is 0 Å². The quantitative estimate of drug-likeness (QED) is 0.825. The Morgan fingerprint density at radius 1 is 1.46 bits per heavy atom. The Morgan fingerprint density at radius 2 is 2.31 bits per heavy atom. The van der Waals surface area contributed by atoms with Gasteiger partial charge in [0.05, 0.1) is 6.04 Å². The first kappa shape index (κ1) is 11.5. The average molecular weight is 284 g/mol. The van der Waals surface area contributed by atoms with Crippen LogP contribution in [0.4, 0.5) is 0 Å². The fourth-order valence-electron chi connectivity index (χ4n) is 1.39. The summed E-state index contributed by atoms with van der Waals surface area (Å²) in [7, 11) is 0. The molecule has 1 atom stereocenters. The summed E-state index contributed by atoms with van der Waals surface area (Å²) in [5.74, 6) is 0. The fraction of sp³-hybridized carbons (Fsp3) is 0.500. The first-order valence-electron chi connectivity index (χ1n) is 4.05. The minimum atomic E-state index is 0. The lowest BCUT2D eigenvalue weighted by molar-refractivity contribution is 0.434. The first-order valence-corrected chi connectivity index (χ1v) is 5.72. The number of piperazine rings is 1. The third kappa shape index (κ3) is 2.67. The van der Waals surface area contributed by atoms with Crippen molar-refractivity contribution in [1.29, 1.82) is 0 Å². The summed E-state index contributed by atoms with van der Waals surface area (Å²) in [4.78, 5) is 1.40. The summed E-state index contributed by atoms with van der Waals surface area (Å²) >= 11 is 5.35. The highest BCUT2D eigenvalue weighted by atomic mass is 79.9. The van der Waals surface area contributed by atoms with Crippen molar-refractivity contribution in [1.82, 2.24) is 10.6 Å². The van der Waals surface area contributed by atoms with Crippen molar-refractivity contribution in [3.63, 3.8) is 0 Å². The van der Waals surface area contributed by atoms with E-state index in [9.17, 15) is 0 Å². The molecule has 0 saturated carbocycles. The number of halogens is 2. The molecule has 13 heavy (non-hydrogen) atoms. The predicted molar refractivity (Wildman–Crippen MR) is 62.9 cm³/mol. The maximum Gasteiger partial charge on any atom is 0.0553 e. The summed E-state index contributed by atoms with van der Waals surface area (Å²) in [5.41, 5.74) is 0. The lowest BCUT2D eigenvalue weighted by Crippen LogP contribution is -2.42. The van der Waals surface area contributed by atoms with Gasteiger partial charge in [-0.2, -0.15) is 0 Å². The number of nitrogens with one attached hydrogen (secondary N) is 2. The van der Waals surface area contributed by atoms with Crippen LogP contribution in [0.2, 0.25) is 0 Å². The maximum absolute atomic E-state index is 3.54. The van der Waals surface area contributed by atoms with Crippen molar-refractivity contribution >= 4 is 39.7 Å². The van der Waals surface area contributed by atoms with Gasteiger partial charge in [0.1, 0.15) is 0 Å². The van der Waals surface area contributed by atoms with Crippen LogP contribution in [0.3, 0.4) is 0 Å². The molecule has 0 bridgehead atoms. The van der Waals surface area contributed by atoms with Crippen LogP contribution in [-0.4, -0.2) is 19.6 Å². The van der Waals surface area contributed by atoms with Gasteiger partial charge in [0, 0.05) is 29.0 Å². The van der Waals surface area contributed by atoms with Crippen molar-refractivity contribution < 1.29 is 0 Å². The van der Waals surface area contributed by atoms with Gasteiger partial charge in [-0.3, -0.25) is 0 Å². The normalized spacial score (nSPS) is 22.4. The smallest absolute Gasteiger partial charge is 0.0553 e. The minimum Gasteiger partial charge on any atom is -0.314 e. The van der Waals surface area contributed by atoms with Crippen molar-refractivity contribution in [2.75, 3.05) is 19.6 Å². The van der Waals surface area contributed by atoms with E-state index in [0.29, 0.717) is 6.04 Å². The van der Waals surface area contributed by atoms with Gasteiger partial charge in [-0.15, -0.1) is 23.7 Å². The highest BCUT2D eigenvalue weighted by Gasteiger charge is 2.17. The van der Waals surface area contributed by atoms with Crippen LogP contribution in [0.1, 0.15) is 10.9 Å². The van der Waals surface area contributed by atoms with Crippen LogP contribution in [0.5, 0.6) is 0 Å². The molecule has 1 fully saturated rings. The Morgan fingerprint density at radius 3 is 2.85 bits per heavy atom. The number of thiophene rings is 1. The molecule has 2 rings (SSSR count). The molecule has 0 unspecified atom stereocenters. The first-order chi connectivity index (χ1) is 5.88. The van der Waals surface area contributed by atoms with E-state index in [1.807, 2.05) is 0 Å². The Hall–Kier alpha value is 0.390. The molecule has 0 amide bonds. The molecule has 74 valence electrons. The summed E-state index contributed by atoms with van der Waals surface area (Å²) in [6, 6.07) is 2.60. The molecule has 2 nitrogen and oxygen atoms in total.